The number of carbonyl (C=O) groups is 2. The number of carbonyl (C=O) groups excluding carboxylic acids is 1. The Balaban J connectivity index is 2.90. The molecule has 0 bridgehead atoms. The van der Waals surface area contributed by atoms with E-state index in [1.807, 2.05) is 19.9 Å². The Morgan fingerprint density at radius 3 is 2.24 bits per heavy atom. The molecule has 0 saturated carbocycles. The molecule has 0 fully saturated rings. The summed E-state index contributed by atoms with van der Waals surface area (Å²) in [7, 11) is -3.56. The second kappa shape index (κ2) is 9.53. The number of hydrogen-bond acceptors (Lipinski definition) is 5. The van der Waals surface area contributed by atoms with E-state index in [0.717, 1.165) is 11.8 Å². The van der Waals surface area contributed by atoms with Gasteiger partial charge in [0.1, 0.15) is 6.61 Å². The minimum atomic E-state index is -3.56. The van der Waals surface area contributed by atoms with Gasteiger partial charge in [-0.1, -0.05) is 44.2 Å². The van der Waals surface area contributed by atoms with Crippen LogP contribution < -0.4 is 4.72 Å². The second-order valence-electron chi connectivity index (χ2n) is 6.39. The van der Waals surface area contributed by atoms with E-state index in [9.17, 15) is 23.1 Å². The zero-order valence-electron chi connectivity index (χ0n) is 14.6. The molecule has 1 aromatic rings. The summed E-state index contributed by atoms with van der Waals surface area (Å²) in [5, 5.41) is 9.47. The van der Waals surface area contributed by atoms with E-state index in [1.165, 1.54) is 0 Å². The molecule has 0 heterocycles. The van der Waals surface area contributed by atoms with Gasteiger partial charge in [-0.3, -0.25) is 9.59 Å². The molecule has 140 valence electrons. The summed E-state index contributed by atoms with van der Waals surface area (Å²) in [5.41, 5.74) is 0.765. The van der Waals surface area contributed by atoms with Gasteiger partial charge < -0.3 is 9.84 Å². The molecule has 0 aliphatic carbocycles. The number of carboxylic acids is 1. The third-order valence-corrected chi connectivity index (χ3v) is 4.31. The van der Waals surface area contributed by atoms with Gasteiger partial charge >= 0.3 is 11.9 Å². The average molecular weight is 371 g/mol. The van der Waals surface area contributed by atoms with Crippen molar-refractivity contribution in [2.45, 2.75) is 26.9 Å². The molecular weight excluding hydrogens is 346 g/mol. The van der Waals surface area contributed by atoms with E-state index >= 15 is 0 Å². The highest BCUT2D eigenvalue weighted by Gasteiger charge is 2.35. The van der Waals surface area contributed by atoms with Crippen LogP contribution in [0.25, 0.3) is 0 Å². The van der Waals surface area contributed by atoms with E-state index in [2.05, 4.69) is 4.72 Å². The Bertz CT molecular complexity index is 672. The summed E-state index contributed by atoms with van der Waals surface area (Å²) in [5.74, 6) is -3.97. The monoisotopic (exact) mass is 371 g/mol. The number of carboxylic acid groups (broad SMARTS) is 1. The Morgan fingerprint density at radius 1 is 1.16 bits per heavy atom. The summed E-state index contributed by atoms with van der Waals surface area (Å²) in [6.07, 6.45) is 1.20. The van der Waals surface area contributed by atoms with E-state index in [1.54, 1.807) is 24.3 Å². The van der Waals surface area contributed by atoms with Gasteiger partial charge in [-0.05, 0) is 17.9 Å². The minimum absolute atomic E-state index is 0.00304. The van der Waals surface area contributed by atoms with E-state index < -0.39 is 33.8 Å². The first-order valence-electron chi connectivity index (χ1n) is 7.98. The normalized spacial score (nSPS) is 14.1. The van der Waals surface area contributed by atoms with Crippen LogP contribution in [0.1, 0.15) is 25.8 Å². The van der Waals surface area contributed by atoms with Crippen LogP contribution in [-0.2, 0) is 31.0 Å². The summed E-state index contributed by atoms with van der Waals surface area (Å²) >= 11 is 0. The molecule has 1 unspecified atom stereocenters. The highest BCUT2D eigenvalue weighted by Crippen LogP contribution is 2.23. The molecule has 8 heteroatoms. The predicted octanol–water partition coefficient (Wildman–Crippen LogP) is 1.64. The number of benzene rings is 1. The van der Waals surface area contributed by atoms with E-state index in [0.29, 0.717) is 0 Å². The quantitative estimate of drug-likeness (QED) is 0.605. The lowest BCUT2D eigenvalue weighted by Crippen LogP contribution is -2.40. The first-order valence-corrected chi connectivity index (χ1v) is 9.87. The fraction of sp³-hybridized carbons (Fsp3) is 0.529. The number of esters is 1. The molecule has 25 heavy (non-hydrogen) atoms. The second-order valence-corrected chi connectivity index (χ2v) is 8.23. The van der Waals surface area contributed by atoms with Crippen molar-refractivity contribution in [2.24, 2.45) is 17.8 Å². The molecule has 0 amide bonds. The number of nitrogens with one attached hydrogen (secondary N) is 1. The Morgan fingerprint density at radius 2 is 1.76 bits per heavy atom. The van der Waals surface area contributed by atoms with Gasteiger partial charge in [-0.15, -0.1) is 0 Å². The largest absolute Gasteiger partial charge is 0.481 e. The first kappa shape index (κ1) is 21.1. The van der Waals surface area contributed by atoms with Crippen LogP contribution in [0.15, 0.2) is 30.3 Å². The van der Waals surface area contributed by atoms with Crippen LogP contribution in [0, 0.1) is 17.8 Å². The maximum atomic E-state index is 12.4. The highest BCUT2D eigenvalue weighted by molar-refractivity contribution is 7.88. The van der Waals surface area contributed by atoms with Gasteiger partial charge in [0, 0.05) is 6.54 Å². The Kier molecular flexibility index (Phi) is 8.05. The van der Waals surface area contributed by atoms with Gasteiger partial charge in [0.05, 0.1) is 18.1 Å². The number of hydrogen-bond donors (Lipinski definition) is 2. The maximum Gasteiger partial charge on any atom is 0.311 e. The summed E-state index contributed by atoms with van der Waals surface area (Å²) in [6.45, 7) is 3.37. The molecule has 1 rings (SSSR count). The standard InChI is InChI=1S/C17H25NO6S/c1-12(2)9-14(16(19)20)15(10-18-25(3,22)23)17(21)24-11-13-7-5-4-6-8-13/h4-8,12,14-15,18H,9-11H2,1-3H3,(H,19,20)/t14?,15-/m0/s1. The van der Waals surface area contributed by atoms with Crippen molar-refractivity contribution in [2.75, 3.05) is 12.8 Å². The number of rotatable bonds is 10. The van der Waals surface area contributed by atoms with Gasteiger partial charge in [-0.2, -0.15) is 0 Å². The fourth-order valence-electron chi connectivity index (χ4n) is 2.41. The first-order chi connectivity index (χ1) is 11.6. The number of aliphatic carboxylic acids is 1. The highest BCUT2D eigenvalue weighted by atomic mass is 32.2. The summed E-state index contributed by atoms with van der Waals surface area (Å²) in [6, 6.07) is 8.97. The zero-order valence-corrected chi connectivity index (χ0v) is 15.5. The van der Waals surface area contributed by atoms with Crippen molar-refractivity contribution in [3.8, 4) is 0 Å². The van der Waals surface area contributed by atoms with Crippen molar-refractivity contribution < 1.29 is 27.9 Å². The average Bonchev–Trinajstić information content (AvgIpc) is 2.51. The minimum Gasteiger partial charge on any atom is -0.481 e. The Labute approximate surface area is 148 Å². The van der Waals surface area contributed by atoms with Crippen LogP contribution in [-0.4, -0.2) is 38.3 Å². The molecular formula is C17H25NO6S. The molecule has 0 spiro atoms. The maximum absolute atomic E-state index is 12.4. The molecule has 1 aromatic carbocycles. The molecule has 0 radical (unpaired) electrons. The van der Waals surface area contributed by atoms with Crippen molar-refractivity contribution in [3.63, 3.8) is 0 Å². The van der Waals surface area contributed by atoms with Crippen molar-refractivity contribution in [3.05, 3.63) is 35.9 Å². The van der Waals surface area contributed by atoms with Crippen LogP contribution in [0.4, 0.5) is 0 Å². The predicted molar refractivity (Wildman–Crippen MR) is 93.2 cm³/mol. The van der Waals surface area contributed by atoms with Crippen molar-refractivity contribution >= 4 is 22.0 Å². The van der Waals surface area contributed by atoms with Crippen molar-refractivity contribution in [1.29, 1.82) is 0 Å². The van der Waals surface area contributed by atoms with Gasteiger partial charge in [0.25, 0.3) is 0 Å². The molecule has 2 atom stereocenters. The summed E-state index contributed by atoms with van der Waals surface area (Å²) in [4.78, 5) is 24.0. The molecule has 7 nitrogen and oxygen atoms in total. The van der Waals surface area contributed by atoms with E-state index in [4.69, 9.17) is 4.74 Å². The van der Waals surface area contributed by atoms with Crippen LogP contribution in [0.2, 0.25) is 0 Å². The number of sulfonamides is 1. The lowest BCUT2D eigenvalue weighted by atomic mass is 9.85. The van der Waals surface area contributed by atoms with E-state index in [-0.39, 0.29) is 25.5 Å². The SMILES string of the molecule is CC(C)CC(C(=O)O)[C@H](CNS(C)(=O)=O)C(=O)OCc1ccccc1. The van der Waals surface area contributed by atoms with Crippen LogP contribution >= 0.6 is 0 Å². The van der Waals surface area contributed by atoms with Gasteiger partial charge in [0.15, 0.2) is 0 Å². The zero-order chi connectivity index (χ0) is 19.0. The van der Waals surface area contributed by atoms with Crippen molar-refractivity contribution in [1.82, 2.24) is 4.72 Å². The lowest BCUT2D eigenvalue weighted by Gasteiger charge is -2.24. The van der Waals surface area contributed by atoms with Crippen LogP contribution in [0.5, 0.6) is 0 Å². The summed E-state index contributed by atoms with van der Waals surface area (Å²) < 4.78 is 30.1. The topological polar surface area (TPSA) is 110 Å². The molecule has 0 aliphatic rings. The van der Waals surface area contributed by atoms with Gasteiger partial charge in [0.2, 0.25) is 10.0 Å². The van der Waals surface area contributed by atoms with Crippen LogP contribution in [0.3, 0.4) is 0 Å². The van der Waals surface area contributed by atoms with Gasteiger partial charge in [-0.25, -0.2) is 13.1 Å². The number of ether oxygens (including phenoxy) is 1. The lowest BCUT2D eigenvalue weighted by molar-refractivity contribution is -0.159. The smallest absolute Gasteiger partial charge is 0.311 e. The molecule has 0 saturated heterocycles. The molecule has 2 N–H and O–H groups in total. The Hall–Kier alpha value is -1.93. The molecule has 0 aromatic heterocycles. The fourth-order valence-corrected chi connectivity index (χ4v) is 2.89. The molecule has 0 aliphatic heterocycles. The third kappa shape index (κ3) is 8.13. The third-order valence-electron chi connectivity index (χ3n) is 3.62.